The Morgan fingerprint density at radius 1 is 1.00 bits per heavy atom. The van der Waals surface area contributed by atoms with E-state index in [1.165, 1.54) is 11.1 Å². The van der Waals surface area contributed by atoms with Crippen molar-refractivity contribution >= 4 is 23.0 Å². The summed E-state index contributed by atoms with van der Waals surface area (Å²) in [4.78, 5) is 12.2. The van der Waals surface area contributed by atoms with Crippen molar-refractivity contribution in [2.24, 2.45) is 5.10 Å². The Morgan fingerprint density at radius 2 is 1.70 bits per heavy atom. The zero-order valence-corrected chi connectivity index (χ0v) is 19.3. The summed E-state index contributed by atoms with van der Waals surface area (Å²) in [6.07, 6.45) is 1.72. The van der Waals surface area contributed by atoms with Gasteiger partial charge >= 0.3 is 0 Å². The third kappa shape index (κ3) is 5.32. The fourth-order valence-electron chi connectivity index (χ4n) is 3.89. The standard InChI is InChI=1S/C28H29N3O2/c1-20(2)23-13-15-24(16-14-23)33-19-28(32)30-29-17-26-21(3)31(18-22-9-5-4-6-10-22)27-12-8-7-11-25(26)27/h4-17,20H,18-19H2,1-3H3,(H,30,32). The van der Waals surface area contributed by atoms with Crippen molar-refractivity contribution in [3.8, 4) is 5.75 Å². The van der Waals surface area contributed by atoms with Gasteiger partial charge in [-0.25, -0.2) is 5.43 Å². The minimum Gasteiger partial charge on any atom is -0.484 e. The third-order valence-corrected chi connectivity index (χ3v) is 5.76. The van der Waals surface area contributed by atoms with E-state index < -0.39 is 0 Å². The molecule has 0 aliphatic heterocycles. The first-order valence-electron chi connectivity index (χ1n) is 11.2. The zero-order chi connectivity index (χ0) is 23.2. The molecule has 0 aliphatic rings. The van der Waals surface area contributed by atoms with Gasteiger partial charge in [0.05, 0.1) is 6.21 Å². The van der Waals surface area contributed by atoms with Crippen molar-refractivity contribution in [1.82, 2.24) is 9.99 Å². The molecule has 1 N–H and O–H groups in total. The molecule has 1 amide bonds. The number of carbonyl (C=O) groups excluding carboxylic acids is 1. The van der Waals surface area contributed by atoms with Crippen LogP contribution in [0.15, 0.2) is 84.0 Å². The van der Waals surface area contributed by atoms with Gasteiger partial charge in [-0.3, -0.25) is 4.79 Å². The van der Waals surface area contributed by atoms with Gasteiger partial charge in [0.15, 0.2) is 6.61 Å². The zero-order valence-electron chi connectivity index (χ0n) is 19.3. The lowest BCUT2D eigenvalue weighted by Crippen LogP contribution is -2.24. The molecule has 33 heavy (non-hydrogen) atoms. The van der Waals surface area contributed by atoms with E-state index in [1.54, 1.807) is 6.21 Å². The average molecular weight is 440 g/mol. The van der Waals surface area contributed by atoms with Crippen LogP contribution in [-0.2, 0) is 11.3 Å². The number of amides is 1. The van der Waals surface area contributed by atoms with Crippen LogP contribution in [0.4, 0.5) is 0 Å². The summed E-state index contributed by atoms with van der Waals surface area (Å²) in [5.74, 6) is 0.821. The van der Waals surface area contributed by atoms with Crippen molar-refractivity contribution in [3.05, 3.63) is 101 Å². The van der Waals surface area contributed by atoms with Gasteiger partial charge in [0, 0.05) is 28.7 Å². The highest BCUT2D eigenvalue weighted by atomic mass is 16.5. The molecular formula is C28H29N3O2. The Hall–Kier alpha value is -3.86. The van der Waals surface area contributed by atoms with Crippen LogP contribution >= 0.6 is 0 Å². The van der Waals surface area contributed by atoms with Crippen LogP contribution in [0.25, 0.3) is 10.9 Å². The number of rotatable bonds is 8. The molecule has 0 radical (unpaired) electrons. The average Bonchev–Trinajstić information content (AvgIpc) is 3.10. The van der Waals surface area contributed by atoms with Gasteiger partial charge in [0.1, 0.15) is 5.75 Å². The second-order valence-corrected chi connectivity index (χ2v) is 8.39. The molecule has 4 rings (SSSR count). The Kier molecular flexibility index (Phi) is 6.89. The van der Waals surface area contributed by atoms with Gasteiger partial charge in [-0.15, -0.1) is 0 Å². The van der Waals surface area contributed by atoms with Crippen molar-refractivity contribution < 1.29 is 9.53 Å². The summed E-state index contributed by atoms with van der Waals surface area (Å²) in [6.45, 7) is 7.05. The van der Waals surface area contributed by atoms with Crippen LogP contribution in [-0.4, -0.2) is 23.3 Å². The van der Waals surface area contributed by atoms with Gasteiger partial charge in [0.25, 0.3) is 5.91 Å². The number of benzene rings is 3. The maximum absolute atomic E-state index is 12.2. The van der Waals surface area contributed by atoms with E-state index in [4.69, 9.17) is 4.74 Å². The molecular weight excluding hydrogens is 410 g/mol. The number of hydrogen-bond acceptors (Lipinski definition) is 3. The molecule has 0 unspecified atom stereocenters. The molecule has 4 aromatic rings. The fraction of sp³-hybridized carbons (Fsp3) is 0.214. The van der Waals surface area contributed by atoms with Crippen LogP contribution in [0.5, 0.6) is 5.75 Å². The highest BCUT2D eigenvalue weighted by Gasteiger charge is 2.13. The Morgan fingerprint density at radius 3 is 2.42 bits per heavy atom. The van der Waals surface area contributed by atoms with E-state index in [9.17, 15) is 4.79 Å². The summed E-state index contributed by atoms with van der Waals surface area (Å²) in [7, 11) is 0. The first-order valence-corrected chi connectivity index (χ1v) is 11.2. The fourth-order valence-corrected chi connectivity index (χ4v) is 3.89. The predicted octanol–water partition coefficient (Wildman–Crippen LogP) is 5.65. The van der Waals surface area contributed by atoms with Gasteiger partial charge in [-0.1, -0.05) is 74.5 Å². The van der Waals surface area contributed by atoms with E-state index in [2.05, 4.69) is 72.3 Å². The monoisotopic (exact) mass is 439 g/mol. The number of nitrogens with one attached hydrogen (secondary N) is 1. The lowest BCUT2D eigenvalue weighted by atomic mass is 10.0. The second-order valence-electron chi connectivity index (χ2n) is 8.39. The number of nitrogens with zero attached hydrogens (tertiary/aromatic N) is 2. The lowest BCUT2D eigenvalue weighted by molar-refractivity contribution is -0.123. The molecule has 0 saturated heterocycles. The number of ether oxygens (including phenoxy) is 1. The molecule has 5 nitrogen and oxygen atoms in total. The summed E-state index contributed by atoms with van der Waals surface area (Å²) in [6, 6.07) is 26.4. The van der Waals surface area contributed by atoms with E-state index in [0.29, 0.717) is 11.7 Å². The number of aromatic nitrogens is 1. The maximum atomic E-state index is 12.2. The first kappa shape index (κ1) is 22.3. The predicted molar refractivity (Wildman–Crippen MR) is 134 cm³/mol. The van der Waals surface area contributed by atoms with Crippen molar-refractivity contribution in [3.63, 3.8) is 0 Å². The van der Waals surface area contributed by atoms with Gasteiger partial charge in [0.2, 0.25) is 0 Å². The third-order valence-electron chi connectivity index (χ3n) is 5.76. The molecule has 0 fully saturated rings. The minimum absolute atomic E-state index is 0.0902. The van der Waals surface area contributed by atoms with Crippen LogP contribution in [0.2, 0.25) is 0 Å². The summed E-state index contributed by atoms with van der Waals surface area (Å²) >= 11 is 0. The molecule has 0 spiro atoms. The molecule has 1 heterocycles. The van der Waals surface area contributed by atoms with Crippen LogP contribution in [0.3, 0.4) is 0 Å². The molecule has 1 aromatic heterocycles. The van der Waals surface area contributed by atoms with Crippen molar-refractivity contribution in [1.29, 1.82) is 0 Å². The Balaban J connectivity index is 1.43. The quantitative estimate of drug-likeness (QED) is 0.285. The second kappa shape index (κ2) is 10.2. The summed E-state index contributed by atoms with van der Waals surface area (Å²) < 4.78 is 7.86. The van der Waals surface area contributed by atoms with E-state index in [0.717, 1.165) is 28.7 Å². The normalized spacial score (nSPS) is 11.4. The molecule has 0 bridgehead atoms. The number of hydrazone groups is 1. The maximum Gasteiger partial charge on any atom is 0.277 e. The largest absolute Gasteiger partial charge is 0.484 e. The van der Waals surface area contributed by atoms with Gasteiger partial charge < -0.3 is 9.30 Å². The highest BCUT2D eigenvalue weighted by molar-refractivity contribution is 6.01. The number of carbonyl (C=O) groups is 1. The van der Waals surface area contributed by atoms with Gasteiger partial charge in [-0.2, -0.15) is 5.10 Å². The Labute approximate surface area is 194 Å². The van der Waals surface area contributed by atoms with E-state index >= 15 is 0 Å². The van der Waals surface area contributed by atoms with Crippen LogP contribution in [0, 0.1) is 6.92 Å². The summed E-state index contributed by atoms with van der Waals surface area (Å²) in [5.41, 5.74) is 8.27. The molecule has 0 aliphatic carbocycles. The summed E-state index contributed by atoms with van der Waals surface area (Å²) in [5, 5.41) is 5.31. The molecule has 168 valence electrons. The molecule has 0 atom stereocenters. The highest BCUT2D eigenvalue weighted by Crippen LogP contribution is 2.25. The molecule has 0 saturated carbocycles. The SMILES string of the molecule is Cc1c(C=NNC(=O)COc2ccc(C(C)C)cc2)c2ccccc2n1Cc1ccccc1. The number of hydrogen-bond donors (Lipinski definition) is 1. The first-order chi connectivity index (χ1) is 16.0. The number of fused-ring (bicyclic) bond motifs is 1. The van der Waals surface area contributed by atoms with Crippen LogP contribution in [0.1, 0.15) is 42.1 Å². The number of para-hydroxylation sites is 1. The van der Waals surface area contributed by atoms with Gasteiger partial charge in [-0.05, 0) is 42.2 Å². The molecule has 5 heteroatoms. The van der Waals surface area contributed by atoms with E-state index in [1.807, 2.05) is 42.5 Å². The van der Waals surface area contributed by atoms with Crippen LogP contribution < -0.4 is 10.2 Å². The lowest BCUT2D eigenvalue weighted by Gasteiger charge is -2.08. The Bertz CT molecular complexity index is 1260. The van der Waals surface area contributed by atoms with Crippen molar-refractivity contribution in [2.75, 3.05) is 6.61 Å². The smallest absolute Gasteiger partial charge is 0.277 e. The topological polar surface area (TPSA) is 55.6 Å². The minimum atomic E-state index is -0.301. The van der Waals surface area contributed by atoms with Crippen molar-refractivity contribution in [2.45, 2.75) is 33.2 Å². The van der Waals surface area contributed by atoms with E-state index in [-0.39, 0.29) is 12.5 Å². The molecule has 3 aromatic carbocycles.